The fourth-order valence-corrected chi connectivity index (χ4v) is 4.25. The SMILES string of the molecule is O=S(=O)(NC[C@H]1CCCNC1)c1ccc(Br)cc1Cl. The molecule has 7 heteroatoms. The Morgan fingerprint density at radius 3 is 2.89 bits per heavy atom. The molecule has 1 heterocycles. The van der Waals surface area contributed by atoms with E-state index >= 15 is 0 Å². The number of halogens is 2. The summed E-state index contributed by atoms with van der Waals surface area (Å²) < 4.78 is 27.7. The first-order valence-electron chi connectivity index (χ1n) is 6.14. The van der Waals surface area contributed by atoms with Crippen LogP contribution in [0.5, 0.6) is 0 Å². The summed E-state index contributed by atoms with van der Waals surface area (Å²) >= 11 is 9.23. The van der Waals surface area contributed by atoms with Crippen molar-refractivity contribution >= 4 is 37.6 Å². The van der Waals surface area contributed by atoms with E-state index in [4.69, 9.17) is 11.6 Å². The van der Waals surface area contributed by atoms with Gasteiger partial charge < -0.3 is 5.32 Å². The lowest BCUT2D eigenvalue weighted by atomic mass is 10.0. The summed E-state index contributed by atoms with van der Waals surface area (Å²) in [6, 6.07) is 4.76. The number of sulfonamides is 1. The van der Waals surface area contributed by atoms with Crippen LogP contribution in [0.3, 0.4) is 0 Å². The fourth-order valence-electron chi connectivity index (χ4n) is 2.10. The highest BCUT2D eigenvalue weighted by Crippen LogP contribution is 2.25. The van der Waals surface area contributed by atoms with Gasteiger partial charge in [0.25, 0.3) is 0 Å². The van der Waals surface area contributed by atoms with E-state index in [2.05, 4.69) is 26.0 Å². The van der Waals surface area contributed by atoms with E-state index in [0.717, 1.165) is 30.4 Å². The Bertz CT molecular complexity index is 545. The average molecular weight is 368 g/mol. The van der Waals surface area contributed by atoms with Crippen LogP contribution in [-0.4, -0.2) is 28.1 Å². The van der Waals surface area contributed by atoms with E-state index in [9.17, 15) is 8.42 Å². The van der Waals surface area contributed by atoms with Gasteiger partial charge in [-0.15, -0.1) is 0 Å². The normalized spacial score (nSPS) is 20.4. The standard InChI is InChI=1S/C12H16BrClN2O2S/c13-10-3-4-12(11(14)6-10)19(17,18)16-8-9-2-1-5-15-7-9/h3-4,6,9,15-16H,1-2,5,7-8H2/t9-/m0/s1. The predicted molar refractivity (Wildman–Crippen MR) is 79.9 cm³/mol. The minimum atomic E-state index is -3.54. The van der Waals surface area contributed by atoms with Crippen molar-refractivity contribution in [3.05, 3.63) is 27.7 Å². The maximum atomic E-state index is 12.2. The van der Waals surface area contributed by atoms with E-state index in [-0.39, 0.29) is 9.92 Å². The molecule has 4 nitrogen and oxygen atoms in total. The van der Waals surface area contributed by atoms with Crippen LogP contribution in [-0.2, 0) is 10.0 Å². The van der Waals surface area contributed by atoms with Crippen LogP contribution in [0, 0.1) is 5.92 Å². The fraction of sp³-hybridized carbons (Fsp3) is 0.500. The minimum Gasteiger partial charge on any atom is -0.316 e. The molecule has 0 aromatic heterocycles. The Morgan fingerprint density at radius 2 is 2.26 bits per heavy atom. The number of benzene rings is 1. The number of piperidine rings is 1. The van der Waals surface area contributed by atoms with Crippen LogP contribution in [0.2, 0.25) is 5.02 Å². The third-order valence-corrected chi connectivity index (χ3v) is 5.54. The number of nitrogens with one attached hydrogen (secondary N) is 2. The van der Waals surface area contributed by atoms with Crippen molar-refractivity contribution in [2.75, 3.05) is 19.6 Å². The van der Waals surface area contributed by atoms with Crippen molar-refractivity contribution in [1.82, 2.24) is 10.0 Å². The van der Waals surface area contributed by atoms with Gasteiger partial charge >= 0.3 is 0 Å². The molecule has 1 aliphatic rings. The largest absolute Gasteiger partial charge is 0.316 e. The number of rotatable bonds is 4. The van der Waals surface area contributed by atoms with Crippen LogP contribution in [0.25, 0.3) is 0 Å². The van der Waals surface area contributed by atoms with Gasteiger partial charge in [-0.25, -0.2) is 13.1 Å². The second kappa shape index (κ2) is 6.54. The van der Waals surface area contributed by atoms with Gasteiger partial charge in [0.2, 0.25) is 10.0 Å². The molecule has 1 aromatic rings. The molecule has 1 atom stereocenters. The molecule has 0 unspecified atom stereocenters. The molecule has 19 heavy (non-hydrogen) atoms. The molecule has 0 aliphatic carbocycles. The van der Waals surface area contributed by atoms with Crippen molar-refractivity contribution < 1.29 is 8.42 Å². The summed E-state index contributed by atoms with van der Waals surface area (Å²) in [7, 11) is -3.54. The lowest BCUT2D eigenvalue weighted by Gasteiger charge is -2.22. The van der Waals surface area contributed by atoms with Crippen LogP contribution in [0.1, 0.15) is 12.8 Å². The van der Waals surface area contributed by atoms with Crippen molar-refractivity contribution in [1.29, 1.82) is 0 Å². The summed E-state index contributed by atoms with van der Waals surface area (Å²) in [6.45, 7) is 2.32. The van der Waals surface area contributed by atoms with Gasteiger partial charge in [-0.1, -0.05) is 27.5 Å². The summed E-state index contributed by atoms with van der Waals surface area (Å²) in [5.41, 5.74) is 0. The minimum absolute atomic E-state index is 0.126. The van der Waals surface area contributed by atoms with Crippen molar-refractivity contribution in [3.63, 3.8) is 0 Å². The number of hydrogen-bond acceptors (Lipinski definition) is 3. The summed E-state index contributed by atoms with van der Waals surface area (Å²) in [5, 5.41) is 3.49. The zero-order valence-electron chi connectivity index (χ0n) is 10.3. The molecule has 1 aromatic carbocycles. The molecule has 0 bridgehead atoms. The van der Waals surface area contributed by atoms with Crippen LogP contribution in [0.15, 0.2) is 27.6 Å². The lowest BCUT2D eigenvalue weighted by Crippen LogP contribution is -2.38. The Morgan fingerprint density at radius 1 is 1.47 bits per heavy atom. The number of hydrogen-bond donors (Lipinski definition) is 2. The van der Waals surface area contributed by atoms with Gasteiger partial charge in [0.15, 0.2) is 0 Å². The highest BCUT2D eigenvalue weighted by atomic mass is 79.9. The van der Waals surface area contributed by atoms with E-state index < -0.39 is 10.0 Å². The van der Waals surface area contributed by atoms with E-state index in [0.29, 0.717) is 12.5 Å². The molecule has 106 valence electrons. The molecule has 0 radical (unpaired) electrons. The molecule has 2 rings (SSSR count). The molecular weight excluding hydrogens is 352 g/mol. The first-order valence-corrected chi connectivity index (χ1v) is 8.80. The predicted octanol–water partition coefficient (Wildman–Crippen LogP) is 2.38. The summed E-state index contributed by atoms with van der Waals surface area (Å²) in [4.78, 5) is 0.126. The Kier molecular flexibility index (Phi) is 5.25. The second-order valence-electron chi connectivity index (χ2n) is 4.64. The van der Waals surface area contributed by atoms with Gasteiger partial charge in [0.1, 0.15) is 4.90 Å². The summed E-state index contributed by atoms with van der Waals surface area (Å²) in [6.07, 6.45) is 2.13. The van der Waals surface area contributed by atoms with Crippen molar-refractivity contribution in [2.45, 2.75) is 17.7 Å². The Hall–Kier alpha value is -0.140. The monoisotopic (exact) mass is 366 g/mol. The van der Waals surface area contributed by atoms with E-state index in [1.54, 1.807) is 12.1 Å². The highest BCUT2D eigenvalue weighted by Gasteiger charge is 2.20. The van der Waals surface area contributed by atoms with Gasteiger partial charge in [0, 0.05) is 11.0 Å². The third-order valence-electron chi connectivity index (χ3n) is 3.14. The van der Waals surface area contributed by atoms with Crippen LogP contribution in [0.4, 0.5) is 0 Å². The van der Waals surface area contributed by atoms with Gasteiger partial charge in [0.05, 0.1) is 5.02 Å². The first kappa shape index (κ1) is 15.3. The molecular formula is C12H16BrClN2O2S. The zero-order valence-corrected chi connectivity index (χ0v) is 13.5. The Balaban J connectivity index is 2.05. The first-order chi connectivity index (χ1) is 8.99. The molecule has 0 spiro atoms. The maximum Gasteiger partial charge on any atom is 0.242 e. The van der Waals surface area contributed by atoms with Crippen LogP contribution < -0.4 is 10.0 Å². The van der Waals surface area contributed by atoms with Gasteiger partial charge in [-0.2, -0.15) is 0 Å². The zero-order chi connectivity index (χ0) is 13.9. The smallest absolute Gasteiger partial charge is 0.242 e. The average Bonchev–Trinajstić information content (AvgIpc) is 2.37. The van der Waals surface area contributed by atoms with Crippen molar-refractivity contribution in [3.8, 4) is 0 Å². The lowest BCUT2D eigenvalue weighted by molar-refractivity contribution is 0.376. The van der Waals surface area contributed by atoms with Gasteiger partial charge in [-0.3, -0.25) is 0 Å². The second-order valence-corrected chi connectivity index (χ2v) is 7.70. The molecule has 0 amide bonds. The Labute approximate surface area is 127 Å². The van der Waals surface area contributed by atoms with E-state index in [1.807, 2.05) is 0 Å². The topological polar surface area (TPSA) is 58.2 Å². The molecule has 2 N–H and O–H groups in total. The quantitative estimate of drug-likeness (QED) is 0.859. The molecule has 1 fully saturated rings. The highest BCUT2D eigenvalue weighted by molar-refractivity contribution is 9.10. The summed E-state index contributed by atoms with van der Waals surface area (Å²) in [5.74, 6) is 0.345. The molecule has 0 saturated carbocycles. The maximum absolute atomic E-state index is 12.2. The third kappa shape index (κ3) is 4.16. The molecule has 1 saturated heterocycles. The van der Waals surface area contributed by atoms with Crippen molar-refractivity contribution in [2.24, 2.45) is 5.92 Å². The van der Waals surface area contributed by atoms with Crippen LogP contribution >= 0.6 is 27.5 Å². The molecule has 1 aliphatic heterocycles. The van der Waals surface area contributed by atoms with E-state index in [1.165, 1.54) is 6.07 Å². The van der Waals surface area contributed by atoms with Gasteiger partial charge in [-0.05, 0) is 50.0 Å².